The van der Waals surface area contributed by atoms with Gasteiger partial charge in [0, 0.05) is 6.42 Å². The Kier molecular flexibility index (Phi) is 15.5. The molecule has 0 bridgehead atoms. The number of amides is 1. The van der Waals surface area contributed by atoms with E-state index in [1.807, 2.05) is 19.1 Å². The molecule has 2 rings (SSSR count). The molecule has 0 aliphatic carbocycles. The van der Waals surface area contributed by atoms with E-state index >= 15 is 0 Å². The summed E-state index contributed by atoms with van der Waals surface area (Å²) >= 11 is 0. The van der Waals surface area contributed by atoms with Crippen LogP contribution < -0.4 is 14.9 Å². The van der Waals surface area contributed by atoms with Crippen LogP contribution >= 0.6 is 0 Å². The molecule has 6 heteroatoms. The van der Waals surface area contributed by atoms with Gasteiger partial charge in [-0.05, 0) is 49.2 Å². The molecule has 0 heterocycles. The van der Waals surface area contributed by atoms with Crippen molar-refractivity contribution in [2.45, 2.75) is 104 Å². The van der Waals surface area contributed by atoms with E-state index in [1.54, 1.807) is 36.5 Å². The van der Waals surface area contributed by atoms with Gasteiger partial charge < -0.3 is 9.47 Å². The number of carbonyl (C=O) groups is 2. The lowest BCUT2D eigenvalue weighted by Crippen LogP contribution is -2.16. The lowest BCUT2D eigenvalue weighted by Gasteiger charge is -2.10. The molecule has 0 saturated carbocycles. The normalized spacial score (nSPS) is 11.0. The van der Waals surface area contributed by atoms with Gasteiger partial charge in [-0.25, -0.2) is 10.2 Å². The smallest absolute Gasteiger partial charge is 0.343 e. The van der Waals surface area contributed by atoms with E-state index in [0.717, 1.165) is 24.0 Å². The van der Waals surface area contributed by atoms with Gasteiger partial charge in [0.05, 0.1) is 18.9 Å². The third kappa shape index (κ3) is 12.9. The van der Waals surface area contributed by atoms with Crippen molar-refractivity contribution in [3.63, 3.8) is 0 Å². The molecule has 0 atom stereocenters. The molecule has 0 aliphatic heterocycles. The third-order valence-electron chi connectivity index (χ3n) is 6.59. The molecule has 6 nitrogen and oxygen atoms in total. The lowest BCUT2D eigenvalue weighted by atomic mass is 10.0. The Morgan fingerprint density at radius 3 is 1.95 bits per heavy atom. The van der Waals surface area contributed by atoms with E-state index < -0.39 is 5.97 Å². The van der Waals surface area contributed by atoms with Crippen molar-refractivity contribution in [1.82, 2.24) is 5.43 Å². The average Bonchev–Trinajstić information content (AvgIpc) is 2.92. The number of methoxy groups -OCH3 is 1. The number of nitrogens with one attached hydrogen (secondary N) is 1. The summed E-state index contributed by atoms with van der Waals surface area (Å²) in [7, 11) is 1.51. The maximum absolute atomic E-state index is 12.4. The summed E-state index contributed by atoms with van der Waals surface area (Å²) in [6, 6.07) is 12.3. The van der Waals surface area contributed by atoms with E-state index in [0.29, 0.717) is 23.5 Å². The highest BCUT2D eigenvalue weighted by atomic mass is 16.6. The Bertz CT molecular complexity index is 985. The van der Waals surface area contributed by atoms with Crippen LogP contribution in [0.15, 0.2) is 47.6 Å². The molecule has 0 spiro atoms. The van der Waals surface area contributed by atoms with E-state index in [1.165, 1.54) is 77.7 Å². The van der Waals surface area contributed by atoms with Crippen molar-refractivity contribution in [1.29, 1.82) is 0 Å². The van der Waals surface area contributed by atoms with Crippen LogP contribution in [0.4, 0.5) is 0 Å². The van der Waals surface area contributed by atoms with Gasteiger partial charge in [0.15, 0.2) is 11.5 Å². The van der Waals surface area contributed by atoms with Gasteiger partial charge in [-0.1, -0.05) is 102 Å². The minimum atomic E-state index is -0.454. The molecule has 2 aromatic rings. The minimum Gasteiger partial charge on any atom is -0.493 e. The third-order valence-corrected chi connectivity index (χ3v) is 6.59. The highest BCUT2D eigenvalue weighted by molar-refractivity contribution is 5.91. The quantitative estimate of drug-likeness (QED) is 0.0664. The highest BCUT2D eigenvalue weighted by Crippen LogP contribution is 2.28. The fraction of sp³-hybridized carbons (Fsp3) is 0.531. The van der Waals surface area contributed by atoms with Gasteiger partial charge >= 0.3 is 5.97 Å². The van der Waals surface area contributed by atoms with Crippen molar-refractivity contribution in [3.8, 4) is 11.5 Å². The molecule has 1 amide bonds. The van der Waals surface area contributed by atoms with Crippen molar-refractivity contribution in [3.05, 3.63) is 59.2 Å². The molecule has 0 aliphatic rings. The number of hydrogen-bond acceptors (Lipinski definition) is 5. The first-order valence-electron chi connectivity index (χ1n) is 14.3. The molecule has 0 saturated heterocycles. The summed E-state index contributed by atoms with van der Waals surface area (Å²) in [6.07, 6.45) is 18.7. The molecule has 0 aromatic heterocycles. The first-order valence-corrected chi connectivity index (χ1v) is 14.3. The van der Waals surface area contributed by atoms with Gasteiger partial charge in [-0.3, -0.25) is 4.79 Å². The van der Waals surface area contributed by atoms with E-state index in [4.69, 9.17) is 9.47 Å². The van der Waals surface area contributed by atoms with E-state index in [9.17, 15) is 9.59 Å². The van der Waals surface area contributed by atoms with E-state index in [2.05, 4.69) is 17.5 Å². The fourth-order valence-electron chi connectivity index (χ4n) is 4.24. The SMILES string of the molecule is CCCCCCCCCCCCCCCC(=O)N/N=C/c1ccc(OC(=O)c2ccc(C)cc2)c(OC)c1. The summed E-state index contributed by atoms with van der Waals surface area (Å²) in [5.74, 6) is 0.194. The Balaban J connectivity index is 1.60. The summed E-state index contributed by atoms with van der Waals surface area (Å²) in [4.78, 5) is 24.5. The second-order valence-corrected chi connectivity index (χ2v) is 9.95. The zero-order valence-corrected chi connectivity index (χ0v) is 23.6. The zero-order valence-electron chi connectivity index (χ0n) is 23.6. The first kappa shape index (κ1) is 31.1. The summed E-state index contributed by atoms with van der Waals surface area (Å²) < 4.78 is 10.9. The van der Waals surface area contributed by atoms with Gasteiger partial charge in [-0.15, -0.1) is 0 Å². The summed E-state index contributed by atoms with van der Waals surface area (Å²) in [5, 5.41) is 4.06. The Morgan fingerprint density at radius 2 is 1.37 bits per heavy atom. The first-order chi connectivity index (χ1) is 18.5. The highest BCUT2D eigenvalue weighted by Gasteiger charge is 2.12. The number of hydrogen-bond donors (Lipinski definition) is 1. The molecule has 208 valence electrons. The predicted molar refractivity (Wildman–Crippen MR) is 155 cm³/mol. The molecule has 0 radical (unpaired) electrons. The predicted octanol–water partition coefficient (Wildman–Crippen LogP) is 8.15. The van der Waals surface area contributed by atoms with Crippen LogP contribution in [0, 0.1) is 6.92 Å². The van der Waals surface area contributed by atoms with E-state index in [-0.39, 0.29) is 5.91 Å². The molecule has 1 N–H and O–H groups in total. The molecular weight excluding hydrogens is 476 g/mol. The zero-order chi connectivity index (χ0) is 27.4. The maximum Gasteiger partial charge on any atom is 0.343 e. The number of rotatable bonds is 19. The second kappa shape index (κ2) is 19.0. The number of esters is 1. The average molecular weight is 523 g/mol. The van der Waals surface area contributed by atoms with Crippen molar-refractivity contribution in [2.75, 3.05) is 7.11 Å². The second-order valence-electron chi connectivity index (χ2n) is 9.95. The number of ether oxygens (including phenoxy) is 2. The summed E-state index contributed by atoms with van der Waals surface area (Å²) in [5.41, 5.74) is 4.85. The molecular formula is C32H46N2O4. The minimum absolute atomic E-state index is 0.0834. The van der Waals surface area contributed by atoms with Crippen molar-refractivity contribution < 1.29 is 19.1 Å². The number of carbonyl (C=O) groups excluding carboxylic acids is 2. The Labute approximate surface area is 229 Å². The fourth-order valence-corrected chi connectivity index (χ4v) is 4.24. The van der Waals surface area contributed by atoms with Crippen LogP contribution in [0.25, 0.3) is 0 Å². The van der Waals surface area contributed by atoms with Crippen molar-refractivity contribution >= 4 is 18.1 Å². The molecule has 0 unspecified atom stereocenters. The van der Waals surface area contributed by atoms with Crippen LogP contribution in [-0.2, 0) is 4.79 Å². The molecule has 2 aromatic carbocycles. The monoisotopic (exact) mass is 522 g/mol. The molecule has 0 fully saturated rings. The molecule has 38 heavy (non-hydrogen) atoms. The van der Waals surface area contributed by atoms with Crippen LogP contribution in [0.3, 0.4) is 0 Å². The topological polar surface area (TPSA) is 77.0 Å². The summed E-state index contributed by atoms with van der Waals surface area (Å²) in [6.45, 7) is 4.22. The number of benzene rings is 2. The van der Waals surface area contributed by atoms with Gasteiger partial charge in [0.25, 0.3) is 0 Å². The largest absolute Gasteiger partial charge is 0.493 e. The maximum atomic E-state index is 12.4. The van der Waals surface area contributed by atoms with Crippen LogP contribution in [0.5, 0.6) is 11.5 Å². The number of aryl methyl sites for hydroxylation is 1. The van der Waals surface area contributed by atoms with Gasteiger partial charge in [0.2, 0.25) is 5.91 Å². The Morgan fingerprint density at radius 1 is 0.789 bits per heavy atom. The van der Waals surface area contributed by atoms with Crippen LogP contribution in [0.2, 0.25) is 0 Å². The number of nitrogens with zero attached hydrogens (tertiary/aromatic N) is 1. The lowest BCUT2D eigenvalue weighted by molar-refractivity contribution is -0.121. The number of unbranched alkanes of at least 4 members (excludes halogenated alkanes) is 12. The van der Waals surface area contributed by atoms with Crippen LogP contribution in [0.1, 0.15) is 118 Å². The number of hydrazone groups is 1. The van der Waals surface area contributed by atoms with Crippen LogP contribution in [-0.4, -0.2) is 25.2 Å². The standard InChI is InChI=1S/C32H46N2O4/c1-4-5-6-7-8-9-10-11-12-13-14-15-16-17-31(35)34-33-25-27-20-23-29(30(24-27)37-3)38-32(36)28-21-18-26(2)19-22-28/h18-25H,4-17H2,1-3H3,(H,34,35)/b33-25+. The van der Waals surface area contributed by atoms with Gasteiger partial charge in [0.1, 0.15) is 0 Å². The van der Waals surface area contributed by atoms with Crippen molar-refractivity contribution in [2.24, 2.45) is 5.10 Å². The van der Waals surface area contributed by atoms with Gasteiger partial charge in [-0.2, -0.15) is 5.10 Å². The Hall–Kier alpha value is -3.15.